The van der Waals surface area contributed by atoms with Gasteiger partial charge in [0.1, 0.15) is 10.8 Å². The molecule has 166 valence electrons. The SMILES string of the molecule is Cc1nsc(-c2ccc3c(c2)CC=C3c2nc(N[C@H]3CCCNC3)ncc2C(C)(F)F)n1. The van der Waals surface area contributed by atoms with E-state index in [1.165, 1.54) is 17.7 Å². The van der Waals surface area contributed by atoms with Crippen LogP contribution in [0.3, 0.4) is 0 Å². The normalized spacial score (nSPS) is 18.4. The zero-order valence-electron chi connectivity index (χ0n) is 18.0. The van der Waals surface area contributed by atoms with Crippen molar-refractivity contribution in [2.45, 2.75) is 45.1 Å². The smallest absolute Gasteiger partial charge is 0.274 e. The molecule has 1 aliphatic carbocycles. The average Bonchev–Trinajstić information content (AvgIpc) is 3.39. The van der Waals surface area contributed by atoms with Crippen molar-refractivity contribution in [3.63, 3.8) is 0 Å². The zero-order valence-corrected chi connectivity index (χ0v) is 18.8. The molecule has 9 heteroatoms. The van der Waals surface area contributed by atoms with Crippen LogP contribution in [0.2, 0.25) is 0 Å². The number of nitrogens with one attached hydrogen (secondary N) is 2. The van der Waals surface area contributed by atoms with E-state index in [2.05, 4.69) is 36.0 Å². The molecule has 3 aromatic rings. The van der Waals surface area contributed by atoms with Crippen molar-refractivity contribution in [2.24, 2.45) is 0 Å². The average molecular weight is 455 g/mol. The van der Waals surface area contributed by atoms with E-state index in [0.717, 1.165) is 66.0 Å². The zero-order chi connectivity index (χ0) is 22.3. The lowest BCUT2D eigenvalue weighted by atomic mass is 9.97. The number of fused-ring (bicyclic) bond motifs is 1. The van der Waals surface area contributed by atoms with E-state index in [4.69, 9.17) is 0 Å². The van der Waals surface area contributed by atoms with Crippen LogP contribution in [0.5, 0.6) is 0 Å². The van der Waals surface area contributed by atoms with Crippen molar-refractivity contribution in [3.05, 3.63) is 58.7 Å². The standard InChI is InChI=1S/C23H24F2N6S/c1-13-28-21(32-31-13)15-6-7-17-14(10-15)5-8-18(17)20-19(23(2,24)25)12-27-22(30-20)29-16-4-3-9-26-11-16/h6-8,10,12,16,26H,3-5,9,11H2,1-2H3,(H,27,29,30)/t16-/m0/s1. The van der Waals surface area contributed by atoms with Gasteiger partial charge >= 0.3 is 0 Å². The summed E-state index contributed by atoms with van der Waals surface area (Å²) in [5.41, 5.74) is 3.83. The topological polar surface area (TPSA) is 75.6 Å². The fourth-order valence-electron chi connectivity index (χ4n) is 4.25. The van der Waals surface area contributed by atoms with Crippen LogP contribution < -0.4 is 10.6 Å². The molecule has 32 heavy (non-hydrogen) atoms. The summed E-state index contributed by atoms with van der Waals surface area (Å²) < 4.78 is 33.2. The van der Waals surface area contributed by atoms with Gasteiger partial charge in [-0.25, -0.2) is 23.7 Å². The number of benzene rings is 1. The highest BCUT2D eigenvalue weighted by Crippen LogP contribution is 2.40. The summed E-state index contributed by atoms with van der Waals surface area (Å²) in [7, 11) is 0. The highest BCUT2D eigenvalue weighted by molar-refractivity contribution is 7.09. The van der Waals surface area contributed by atoms with E-state index in [0.29, 0.717) is 12.4 Å². The van der Waals surface area contributed by atoms with Crippen molar-refractivity contribution in [3.8, 4) is 10.6 Å². The van der Waals surface area contributed by atoms with Gasteiger partial charge in [-0.05, 0) is 61.5 Å². The first-order valence-corrected chi connectivity index (χ1v) is 11.5. The number of hydrogen-bond donors (Lipinski definition) is 2. The monoisotopic (exact) mass is 454 g/mol. The number of piperidine rings is 1. The van der Waals surface area contributed by atoms with Crippen LogP contribution in [-0.4, -0.2) is 38.5 Å². The first-order chi connectivity index (χ1) is 15.4. The van der Waals surface area contributed by atoms with Crippen LogP contribution in [0, 0.1) is 6.92 Å². The molecule has 0 radical (unpaired) electrons. The number of allylic oxidation sites excluding steroid dienone is 1. The summed E-state index contributed by atoms with van der Waals surface area (Å²) >= 11 is 1.36. The maximum Gasteiger partial charge on any atom is 0.274 e. The Morgan fingerprint density at radius 2 is 2.12 bits per heavy atom. The lowest BCUT2D eigenvalue weighted by Crippen LogP contribution is -2.38. The van der Waals surface area contributed by atoms with Crippen LogP contribution in [0.15, 0.2) is 30.5 Å². The van der Waals surface area contributed by atoms with E-state index >= 15 is 0 Å². The second-order valence-electron chi connectivity index (χ2n) is 8.37. The third-order valence-electron chi connectivity index (χ3n) is 5.84. The Morgan fingerprint density at radius 3 is 2.84 bits per heavy atom. The predicted octanol–water partition coefficient (Wildman–Crippen LogP) is 4.57. The van der Waals surface area contributed by atoms with Gasteiger partial charge in [-0.3, -0.25) is 0 Å². The van der Waals surface area contributed by atoms with Gasteiger partial charge in [0.05, 0.1) is 11.3 Å². The first kappa shape index (κ1) is 21.1. The number of aryl methyl sites for hydroxylation is 1. The summed E-state index contributed by atoms with van der Waals surface area (Å²) in [4.78, 5) is 13.2. The molecule has 1 aliphatic heterocycles. The van der Waals surface area contributed by atoms with E-state index < -0.39 is 5.92 Å². The van der Waals surface area contributed by atoms with Gasteiger partial charge in [0.25, 0.3) is 5.92 Å². The summed E-state index contributed by atoms with van der Waals surface area (Å²) in [6.45, 7) is 4.56. The highest BCUT2D eigenvalue weighted by atomic mass is 32.1. The van der Waals surface area contributed by atoms with Crippen LogP contribution in [0.25, 0.3) is 16.1 Å². The number of anilines is 1. The van der Waals surface area contributed by atoms with Crippen molar-refractivity contribution in [2.75, 3.05) is 18.4 Å². The summed E-state index contributed by atoms with van der Waals surface area (Å²) in [6, 6.07) is 6.19. The van der Waals surface area contributed by atoms with Crippen molar-refractivity contribution < 1.29 is 8.78 Å². The van der Waals surface area contributed by atoms with Gasteiger partial charge in [-0.15, -0.1) is 0 Å². The molecule has 1 saturated heterocycles. The van der Waals surface area contributed by atoms with E-state index in [1.54, 1.807) is 0 Å². The Labute approximate surface area is 189 Å². The van der Waals surface area contributed by atoms with Crippen LogP contribution in [0.1, 0.15) is 48.0 Å². The number of alkyl halides is 2. The molecule has 0 spiro atoms. The predicted molar refractivity (Wildman–Crippen MR) is 122 cm³/mol. The Hall–Kier alpha value is -2.78. The molecule has 2 N–H and O–H groups in total. The van der Waals surface area contributed by atoms with Crippen LogP contribution in [0.4, 0.5) is 14.7 Å². The highest BCUT2D eigenvalue weighted by Gasteiger charge is 2.32. The largest absolute Gasteiger partial charge is 0.350 e. The minimum Gasteiger partial charge on any atom is -0.350 e. The Kier molecular flexibility index (Phi) is 5.46. The van der Waals surface area contributed by atoms with Crippen LogP contribution >= 0.6 is 11.5 Å². The number of hydrogen-bond acceptors (Lipinski definition) is 7. The molecule has 0 amide bonds. The van der Waals surface area contributed by atoms with Gasteiger partial charge < -0.3 is 10.6 Å². The molecular weight excluding hydrogens is 430 g/mol. The number of aromatic nitrogens is 4. The maximum atomic E-state index is 14.5. The molecule has 6 nitrogen and oxygen atoms in total. The Balaban J connectivity index is 1.50. The number of nitrogens with zero attached hydrogens (tertiary/aromatic N) is 4. The van der Waals surface area contributed by atoms with Crippen molar-refractivity contribution in [1.29, 1.82) is 0 Å². The molecule has 2 aromatic heterocycles. The van der Waals surface area contributed by atoms with Gasteiger partial charge in [0.15, 0.2) is 0 Å². The Bertz CT molecular complexity index is 1180. The fraction of sp³-hybridized carbons (Fsp3) is 0.391. The third-order valence-corrected chi connectivity index (χ3v) is 6.70. The van der Waals surface area contributed by atoms with Gasteiger partial charge in [0, 0.05) is 36.8 Å². The second kappa shape index (κ2) is 8.29. The van der Waals surface area contributed by atoms with Gasteiger partial charge in [0.2, 0.25) is 5.95 Å². The molecule has 0 bridgehead atoms. The molecular formula is C23H24F2N6S. The van der Waals surface area contributed by atoms with E-state index in [1.807, 2.05) is 25.1 Å². The minimum atomic E-state index is -3.05. The molecule has 1 aromatic carbocycles. The summed E-state index contributed by atoms with van der Waals surface area (Å²) in [5.74, 6) is -1.92. The molecule has 1 fully saturated rings. The second-order valence-corrected chi connectivity index (χ2v) is 9.12. The van der Waals surface area contributed by atoms with E-state index in [9.17, 15) is 8.78 Å². The lowest BCUT2D eigenvalue weighted by Gasteiger charge is -2.24. The Morgan fingerprint density at radius 1 is 1.25 bits per heavy atom. The number of rotatable bonds is 5. The molecule has 5 rings (SSSR count). The summed E-state index contributed by atoms with van der Waals surface area (Å²) in [5, 5.41) is 7.50. The molecule has 0 saturated carbocycles. The quantitative estimate of drug-likeness (QED) is 0.588. The minimum absolute atomic E-state index is 0.159. The fourth-order valence-corrected chi connectivity index (χ4v) is 4.92. The lowest BCUT2D eigenvalue weighted by molar-refractivity contribution is 0.0165. The molecule has 0 unspecified atom stereocenters. The molecule has 3 heterocycles. The third kappa shape index (κ3) is 4.14. The van der Waals surface area contributed by atoms with Crippen molar-refractivity contribution in [1.82, 2.24) is 24.6 Å². The maximum absolute atomic E-state index is 14.5. The van der Waals surface area contributed by atoms with E-state index in [-0.39, 0.29) is 17.3 Å². The van der Waals surface area contributed by atoms with Gasteiger partial charge in [-0.1, -0.05) is 18.2 Å². The first-order valence-electron chi connectivity index (χ1n) is 10.8. The van der Waals surface area contributed by atoms with Gasteiger partial charge in [-0.2, -0.15) is 4.37 Å². The number of halogens is 2. The van der Waals surface area contributed by atoms with Crippen LogP contribution in [-0.2, 0) is 12.3 Å². The molecule has 2 aliphatic rings. The summed E-state index contributed by atoms with van der Waals surface area (Å²) in [6.07, 6.45) is 5.95. The molecule has 1 atom stereocenters. The van der Waals surface area contributed by atoms with Crippen molar-refractivity contribution >= 4 is 23.1 Å².